The molecule has 0 radical (unpaired) electrons. The number of non-ortho nitro benzene ring substituents is 1. The molecule has 1 aliphatic rings. The zero-order chi connectivity index (χ0) is 26.9. The molecule has 0 aliphatic carbocycles. The highest BCUT2D eigenvalue weighted by atomic mass is 32.1. The number of halogens is 1. The van der Waals surface area contributed by atoms with Crippen LogP contribution in [0, 0.1) is 15.9 Å². The molecule has 1 aromatic heterocycles. The van der Waals surface area contributed by atoms with Crippen molar-refractivity contribution < 1.29 is 23.6 Å². The van der Waals surface area contributed by atoms with Gasteiger partial charge >= 0.3 is 0 Å². The number of ether oxygens (including phenoxy) is 1. The second-order valence-electron chi connectivity index (χ2n) is 8.94. The molecule has 0 spiro atoms. The van der Waals surface area contributed by atoms with Crippen LogP contribution in [0.3, 0.4) is 0 Å². The Hall–Kier alpha value is -3.67. The summed E-state index contributed by atoms with van der Waals surface area (Å²) in [4.78, 5) is 43.9. The van der Waals surface area contributed by atoms with Gasteiger partial charge in [0.2, 0.25) is 5.91 Å². The smallest absolute Gasteiger partial charge is 0.269 e. The summed E-state index contributed by atoms with van der Waals surface area (Å²) in [7, 11) is 0. The second-order valence-corrected chi connectivity index (χ2v) is 9.97. The van der Waals surface area contributed by atoms with Crippen molar-refractivity contribution in [2.75, 3.05) is 45.9 Å². The molecule has 2 amide bonds. The normalized spacial score (nSPS) is 13.7. The Balaban J connectivity index is 1.53. The van der Waals surface area contributed by atoms with Gasteiger partial charge in [0.15, 0.2) is 0 Å². The van der Waals surface area contributed by atoms with E-state index in [2.05, 4.69) is 4.90 Å². The summed E-state index contributed by atoms with van der Waals surface area (Å²) in [5.41, 5.74) is 0.936. The fourth-order valence-electron chi connectivity index (χ4n) is 4.14. The fourth-order valence-corrected chi connectivity index (χ4v) is 4.86. The van der Waals surface area contributed by atoms with Crippen LogP contribution in [0.1, 0.15) is 20.8 Å². The molecule has 0 bridgehead atoms. The predicted molar refractivity (Wildman–Crippen MR) is 141 cm³/mol. The number of nitro benzene ring substituents is 1. The van der Waals surface area contributed by atoms with Crippen molar-refractivity contribution in [3.63, 3.8) is 0 Å². The molecule has 2 aromatic carbocycles. The number of amides is 2. The summed E-state index contributed by atoms with van der Waals surface area (Å²) in [6, 6.07) is 15.2. The highest BCUT2D eigenvalue weighted by Gasteiger charge is 2.24. The number of nitrogens with zero attached hydrogens (tertiary/aromatic N) is 4. The van der Waals surface area contributed by atoms with Crippen molar-refractivity contribution in [2.24, 2.45) is 0 Å². The Morgan fingerprint density at radius 2 is 1.71 bits per heavy atom. The van der Waals surface area contributed by atoms with Gasteiger partial charge in [0.1, 0.15) is 12.4 Å². The summed E-state index contributed by atoms with van der Waals surface area (Å²) in [6.07, 6.45) is 0. The Bertz CT molecular complexity index is 1220. The molecule has 38 heavy (non-hydrogen) atoms. The van der Waals surface area contributed by atoms with Gasteiger partial charge in [-0.3, -0.25) is 24.6 Å². The number of hydrogen-bond donors (Lipinski definition) is 0. The third kappa shape index (κ3) is 7.67. The number of hydrogen-bond acceptors (Lipinski definition) is 7. The molecular weight excluding hydrogens is 511 g/mol. The molecule has 4 rings (SSSR count). The maximum atomic E-state index is 13.6. The topological polar surface area (TPSA) is 96.2 Å². The van der Waals surface area contributed by atoms with Crippen LogP contribution in [0.25, 0.3) is 0 Å². The van der Waals surface area contributed by atoms with E-state index in [1.54, 1.807) is 17.0 Å². The standard InChI is InChI=1S/C27H29FN4O5S/c28-23-7-3-21(4-8-23)18-31(19-25-2-1-17-38-25)26(33)20-30(12-11-29-13-15-37-16-14-29)27(34)22-5-9-24(10-6-22)32(35)36/h1-10,17H,11-16,18-20H2. The lowest BCUT2D eigenvalue weighted by molar-refractivity contribution is -0.384. The van der Waals surface area contributed by atoms with E-state index in [1.807, 2.05) is 17.5 Å². The van der Waals surface area contributed by atoms with Gasteiger partial charge in [-0.25, -0.2) is 4.39 Å². The zero-order valence-electron chi connectivity index (χ0n) is 20.8. The lowest BCUT2D eigenvalue weighted by Gasteiger charge is -2.31. The second kappa shape index (κ2) is 13.2. The van der Waals surface area contributed by atoms with E-state index in [1.165, 1.54) is 52.6 Å². The summed E-state index contributed by atoms with van der Waals surface area (Å²) in [5.74, 6) is -0.979. The average Bonchev–Trinajstić information content (AvgIpc) is 3.45. The molecule has 1 fully saturated rings. The first-order valence-electron chi connectivity index (χ1n) is 12.3. The third-order valence-corrected chi connectivity index (χ3v) is 7.16. The van der Waals surface area contributed by atoms with Crippen molar-refractivity contribution in [3.8, 4) is 0 Å². The van der Waals surface area contributed by atoms with Crippen LogP contribution >= 0.6 is 11.3 Å². The van der Waals surface area contributed by atoms with Crippen molar-refractivity contribution in [1.82, 2.24) is 14.7 Å². The lowest BCUT2D eigenvalue weighted by Crippen LogP contribution is -2.47. The first kappa shape index (κ1) is 27.4. The molecule has 0 N–H and O–H groups in total. The molecule has 1 aliphatic heterocycles. The minimum atomic E-state index is -0.522. The number of carbonyl (C=O) groups is 2. The lowest BCUT2D eigenvalue weighted by atomic mass is 10.1. The van der Waals surface area contributed by atoms with E-state index >= 15 is 0 Å². The van der Waals surface area contributed by atoms with Crippen LogP contribution in [0.2, 0.25) is 0 Å². The van der Waals surface area contributed by atoms with E-state index in [0.717, 1.165) is 23.5 Å². The zero-order valence-corrected chi connectivity index (χ0v) is 21.6. The van der Waals surface area contributed by atoms with Crippen molar-refractivity contribution in [2.45, 2.75) is 13.1 Å². The number of nitro groups is 1. The molecule has 3 aromatic rings. The van der Waals surface area contributed by atoms with Crippen LogP contribution in [-0.4, -0.2) is 77.4 Å². The average molecular weight is 541 g/mol. The Morgan fingerprint density at radius 1 is 1.00 bits per heavy atom. The van der Waals surface area contributed by atoms with E-state index in [9.17, 15) is 24.1 Å². The first-order chi connectivity index (χ1) is 18.4. The van der Waals surface area contributed by atoms with Gasteiger partial charge in [-0.2, -0.15) is 0 Å². The third-order valence-electron chi connectivity index (χ3n) is 6.29. The maximum Gasteiger partial charge on any atom is 0.269 e. The van der Waals surface area contributed by atoms with Gasteiger partial charge < -0.3 is 14.5 Å². The molecule has 0 saturated carbocycles. The number of rotatable bonds is 11. The fraction of sp³-hybridized carbons (Fsp3) is 0.333. The van der Waals surface area contributed by atoms with Crippen LogP contribution in [-0.2, 0) is 22.6 Å². The molecule has 200 valence electrons. The van der Waals surface area contributed by atoms with Crippen LogP contribution in [0.5, 0.6) is 0 Å². The van der Waals surface area contributed by atoms with Crippen molar-refractivity contribution in [1.29, 1.82) is 0 Å². The quantitative estimate of drug-likeness (QED) is 0.271. The summed E-state index contributed by atoms with van der Waals surface area (Å²) < 4.78 is 18.8. The minimum absolute atomic E-state index is 0.112. The Morgan fingerprint density at radius 3 is 2.34 bits per heavy atom. The van der Waals surface area contributed by atoms with Crippen LogP contribution in [0.4, 0.5) is 10.1 Å². The van der Waals surface area contributed by atoms with Gasteiger partial charge in [0.05, 0.1) is 24.7 Å². The first-order valence-corrected chi connectivity index (χ1v) is 13.2. The van der Waals surface area contributed by atoms with Crippen LogP contribution in [0.15, 0.2) is 66.0 Å². The monoisotopic (exact) mass is 540 g/mol. The summed E-state index contributed by atoms with van der Waals surface area (Å²) in [5, 5.41) is 13.0. The van der Waals surface area contributed by atoms with E-state index in [-0.39, 0.29) is 42.0 Å². The molecule has 0 unspecified atom stereocenters. The summed E-state index contributed by atoms with van der Waals surface area (Å²) >= 11 is 1.53. The highest BCUT2D eigenvalue weighted by Crippen LogP contribution is 2.17. The summed E-state index contributed by atoms with van der Waals surface area (Å²) in [6.45, 7) is 4.04. The predicted octanol–water partition coefficient (Wildman–Crippen LogP) is 3.80. The maximum absolute atomic E-state index is 13.6. The highest BCUT2D eigenvalue weighted by molar-refractivity contribution is 7.09. The largest absolute Gasteiger partial charge is 0.379 e. The Kier molecular flexibility index (Phi) is 9.52. The minimum Gasteiger partial charge on any atom is -0.379 e. The number of carbonyl (C=O) groups excluding carboxylic acids is 2. The number of thiophene rings is 1. The van der Waals surface area contributed by atoms with E-state index in [4.69, 9.17) is 4.74 Å². The van der Waals surface area contributed by atoms with Gasteiger partial charge in [0, 0.05) is 55.3 Å². The SMILES string of the molecule is O=C(CN(CCN1CCOCC1)C(=O)c1ccc([N+](=O)[O-])cc1)N(Cc1ccc(F)cc1)Cc1cccs1. The van der Waals surface area contributed by atoms with Crippen molar-refractivity contribution in [3.05, 3.63) is 98.0 Å². The van der Waals surface area contributed by atoms with Gasteiger partial charge in [-0.05, 0) is 41.3 Å². The van der Waals surface area contributed by atoms with Crippen molar-refractivity contribution >= 4 is 28.8 Å². The molecule has 9 nitrogen and oxygen atoms in total. The van der Waals surface area contributed by atoms with E-state index < -0.39 is 4.92 Å². The van der Waals surface area contributed by atoms with E-state index in [0.29, 0.717) is 32.8 Å². The molecular formula is C27H29FN4O5S. The molecule has 11 heteroatoms. The molecule has 2 heterocycles. The Labute approximate surface area is 224 Å². The molecule has 1 saturated heterocycles. The van der Waals surface area contributed by atoms with Crippen LogP contribution < -0.4 is 0 Å². The number of benzene rings is 2. The van der Waals surface area contributed by atoms with Gasteiger partial charge in [0.25, 0.3) is 11.6 Å². The van der Waals surface area contributed by atoms with Gasteiger partial charge in [-0.15, -0.1) is 11.3 Å². The number of morpholine rings is 1. The van der Waals surface area contributed by atoms with Gasteiger partial charge in [-0.1, -0.05) is 18.2 Å². The molecule has 0 atom stereocenters.